The molecule has 0 atom stereocenters. The zero-order chi connectivity index (χ0) is 20.9. The summed E-state index contributed by atoms with van der Waals surface area (Å²) in [5, 5.41) is 9.21. The lowest BCUT2D eigenvalue weighted by Crippen LogP contribution is -2.26. The molecule has 0 aliphatic rings. The SMILES string of the molecule is Cc1cc(O)cc(Cl)c1OCCCCNS(=O)(=O)c1ccc(C(F)(F)F)cn1. The summed E-state index contributed by atoms with van der Waals surface area (Å²) in [4.78, 5) is 3.37. The molecule has 28 heavy (non-hydrogen) atoms. The van der Waals surface area contributed by atoms with Crippen molar-refractivity contribution in [1.29, 1.82) is 0 Å². The first kappa shape index (κ1) is 22.3. The summed E-state index contributed by atoms with van der Waals surface area (Å²) in [7, 11) is -4.00. The van der Waals surface area contributed by atoms with Gasteiger partial charge in [0.05, 0.1) is 17.2 Å². The fraction of sp³-hybridized carbons (Fsp3) is 0.353. The summed E-state index contributed by atoms with van der Waals surface area (Å²) in [6.07, 6.45) is -3.18. The maximum atomic E-state index is 12.5. The first-order chi connectivity index (χ1) is 13.0. The van der Waals surface area contributed by atoms with Gasteiger partial charge < -0.3 is 9.84 Å². The second-order valence-electron chi connectivity index (χ2n) is 5.91. The molecular weight excluding hydrogens is 421 g/mol. The lowest BCUT2D eigenvalue weighted by Gasteiger charge is -2.12. The van der Waals surface area contributed by atoms with Crippen LogP contribution in [0.4, 0.5) is 13.2 Å². The topological polar surface area (TPSA) is 88.5 Å². The molecule has 0 amide bonds. The van der Waals surface area contributed by atoms with Crippen molar-refractivity contribution in [3.63, 3.8) is 0 Å². The van der Waals surface area contributed by atoms with Crippen LogP contribution >= 0.6 is 11.6 Å². The van der Waals surface area contributed by atoms with Crippen molar-refractivity contribution in [1.82, 2.24) is 9.71 Å². The number of hydrogen-bond acceptors (Lipinski definition) is 5. The molecule has 0 aliphatic heterocycles. The molecule has 2 N–H and O–H groups in total. The van der Waals surface area contributed by atoms with Gasteiger partial charge in [0.2, 0.25) is 0 Å². The Morgan fingerprint density at radius 1 is 1.25 bits per heavy atom. The highest BCUT2D eigenvalue weighted by atomic mass is 35.5. The summed E-state index contributed by atoms with van der Waals surface area (Å²) in [5.41, 5.74) is -0.356. The van der Waals surface area contributed by atoms with E-state index >= 15 is 0 Å². The number of aryl methyl sites for hydroxylation is 1. The maximum absolute atomic E-state index is 12.5. The predicted octanol–water partition coefficient (Wildman–Crippen LogP) is 3.91. The lowest BCUT2D eigenvalue weighted by molar-refractivity contribution is -0.137. The number of hydrogen-bond donors (Lipinski definition) is 2. The number of sulfonamides is 1. The number of aromatic nitrogens is 1. The lowest BCUT2D eigenvalue weighted by atomic mass is 10.2. The number of pyridine rings is 1. The smallest absolute Gasteiger partial charge is 0.417 e. The van der Waals surface area contributed by atoms with Gasteiger partial charge in [0.25, 0.3) is 10.0 Å². The molecular formula is C17H18ClF3N2O4S. The van der Waals surface area contributed by atoms with E-state index in [2.05, 4.69) is 9.71 Å². The van der Waals surface area contributed by atoms with E-state index in [0.717, 1.165) is 6.07 Å². The molecule has 154 valence electrons. The highest BCUT2D eigenvalue weighted by Crippen LogP contribution is 2.32. The largest absolute Gasteiger partial charge is 0.508 e. The van der Waals surface area contributed by atoms with Gasteiger partial charge in [-0.3, -0.25) is 0 Å². The molecule has 0 unspecified atom stereocenters. The fourth-order valence-electron chi connectivity index (χ4n) is 2.28. The van der Waals surface area contributed by atoms with Crippen molar-refractivity contribution in [3.05, 3.63) is 46.6 Å². The Morgan fingerprint density at radius 3 is 2.54 bits per heavy atom. The molecule has 0 saturated heterocycles. The van der Waals surface area contributed by atoms with Crippen molar-refractivity contribution in [2.75, 3.05) is 13.2 Å². The van der Waals surface area contributed by atoms with Crippen LogP contribution in [0.1, 0.15) is 24.0 Å². The predicted molar refractivity (Wildman–Crippen MR) is 97.0 cm³/mol. The molecule has 1 aromatic carbocycles. The van der Waals surface area contributed by atoms with Gasteiger partial charge in [-0.05, 0) is 43.5 Å². The first-order valence-corrected chi connectivity index (χ1v) is 10.0. The molecule has 0 bridgehead atoms. The van der Waals surface area contributed by atoms with E-state index < -0.39 is 26.8 Å². The van der Waals surface area contributed by atoms with Gasteiger partial charge in [-0.2, -0.15) is 13.2 Å². The third kappa shape index (κ3) is 5.98. The zero-order valence-corrected chi connectivity index (χ0v) is 16.3. The van der Waals surface area contributed by atoms with Crippen LogP contribution in [0.5, 0.6) is 11.5 Å². The van der Waals surface area contributed by atoms with Gasteiger partial charge in [-0.25, -0.2) is 18.1 Å². The number of phenols is 1. The maximum Gasteiger partial charge on any atom is 0.417 e. The second kappa shape index (κ2) is 8.97. The number of rotatable bonds is 8. The molecule has 11 heteroatoms. The highest BCUT2D eigenvalue weighted by molar-refractivity contribution is 7.89. The molecule has 0 spiro atoms. The first-order valence-electron chi connectivity index (χ1n) is 8.15. The van der Waals surface area contributed by atoms with Crippen LogP contribution in [0, 0.1) is 6.92 Å². The molecule has 0 fully saturated rings. The molecule has 0 aliphatic carbocycles. The number of unbranched alkanes of at least 4 members (excludes halogenated alkanes) is 1. The third-order valence-corrected chi connectivity index (χ3v) is 5.32. The van der Waals surface area contributed by atoms with Crippen LogP contribution in [-0.2, 0) is 16.2 Å². The summed E-state index contributed by atoms with van der Waals surface area (Å²) in [6, 6.07) is 4.34. The van der Waals surface area contributed by atoms with Crippen molar-refractivity contribution in [2.24, 2.45) is 0 Å². The van der Waals surface area contributed by atoms with E-state index in [9.17, 15) is 26.7 Å². The number of ether oxygens (including phenoxy) is 1. The third-order valence-electron chi connectivity index (χ3n) is 3.66. The number of nitrogens with one attached hydrogen (secondary N) is 1. The van der Waals surface area contributed by atoms with Crippen molar-refractivity contribution in [3.8, 4) is 11.5 Å². The molecule has 1 aromatic heterocycles. The number of phenolic OH excluding ortho intramolecular Hbond substituents is 1. The molecule has 6 nitrogen and oxygen atoms in total. The van der Waals surface area contributed by atoms with E-state index in [4.69, 9.17) is 16.3 Å². The van der Waals surface area contributed by atoms with E-state index in [1.54, 1.807) is 6.92 Å². The second-order valence-corrected chi connectivity index (χ2v) is 8.03. The Balaban J connectivity index is 1.80. The average Bonchev–Trinajstić information content (AvgIpc) is 2.59. The van der Waals surface area contributed by atoms with Crippen LogP contribution in [0.3, 0.4) is 0 Å². The van der Waals surface area contributed by atoms with E-state index in [-0.39, 0.29) is 23.9 Å². The Morgan fingerprint density at radius 2 is 1.96 bits per heavy atom. The van der Waals surface area contributed by atoms with Crippen LogP contribution in [-0.4, -0.2) is 31.7 Å². The minimum absolute atomic E-state index is 0.0288. The van der Waals surface area contributed by atoms with Crippen molar-refractivity contribution in [2.45, 2.75) is 31.0 Å². The van der Waals surface area contributed by atoms with Crippen molar-refractivity contribution < 1.29 is 31.4 Å². The Labute approximate surface area is 165 Å². The summed E-state index contributed by atoms with van der Waals surface area (Å²) >= 11 is 5.99. The van der Waals surface area contributed by atoms with Crippen molar-refractivity contribution >= 4 is 21.6 Å². The normalized spacial score (nSPS) is 12.2. The monoisotopic (exact) mass is 438 g/mol. The standard InChI is InChI=1S/C17H18ClF3N2O4S/c1-11-8-13(24)9-14(18)16(11)27-7-3-2-6-23-28(25,26)15-5-4-12(10-22-15)17(19,20)21/h4-5,8-10,23-24H,2-3,6-7H2,1H3. The number of aromatic hydroxyl groups is 1. The highest BCUT2D eigenvalue weighted by Gasteiger charge is 2.31. The number of nitrogens with zero attached hydrogens (tertiary/aromatic N) is 1. The number of benzene rings is 1. The summed E-state index contributed by atoms with van der Waals surface area (Å²) < 4.78 is 69.4. The van der Waals surface area contributed by atoms with Gasteiger partial charge in [0.15, 0.2) is 5.03 Å². The number of alkyl halides is 3. The van der Waals surface area contributed by atoms with Gasteiger partial charge in [-0.15, -0.1) is 0 Å². The minimum Gasteiger partial charge on any atom is -0.508 e. The molecule has 2 rings (SSSR count). The van der Waals surface area contributed by atoms with Gasteiger partial charge >= 0.3 is 6.18 Å². The Bertz CT molecular complexity index is 896. The van der Waals surface area contributed by atoms with Crippen LogP contribution in [0.25, 0.3) is 0 Å². The van der Waals surface area contributed by atoms with E-state index in [0.29, 0.717) is 36.4 Å². The van der Waals surface area contributed by atoms with E-state index in [1.165, 1.54) is 12.1 Å². The summed E-state index contributed by atoms with van der Waals surface area (Å²) in [6.45, 7) is 2.06. The average molecular weight is 439 g/mol. The van der Waals surface area contributed by atoms with Crippen LogP contribution in [0.2, 0.25) is 5.02 Å². The zero-order valence-electron chi connectivity index (χ0n) is 14.8. The molecule has 0 saturated carbocycles. The quantitative estimate of drug-likeness (QED) is 0.610. The van der Waals surface area contributed by atoms with Crippen LogP contribution < -0.4 is 9.46 Å². The van der Waals surface area contributed by atoms with E-state index in [1.807, 2.05) is 0 Å². The van der Waals surface area contributed by atoms with Gasteiger partial charge in [0, 0.05) is 18.8 Å². The Hall–Kier alpha value is -2.04. The molecule has 0 radical (unpaired) electrons. The van der Waals surface area contributed by atoms with Gasteiger partial charge in [-0.1, -0.05) is 11.6 Å². The summed E-state index contributed by atoms with van der Waals surface area (Å²) in [5.74, 6) is 0.468. The van der Waals surface area contributed by atoms with Gasteiger partial charge in [0.1, 0.15) is 11.5 Å². The Kier molecular flexibility index (Phi) is 7.13. The van der Waals surface area contributed by atoms with Crippen LogP contribution in [0.15, 0.2) is 35.5 Å². The molecule has 2 aromatic rings. The minimum atomic E-state index is -4.58. The fourth-order valence-corrected chi connectivity index (χ4v) is 3.60. The molecule has 1 heterocycles. The number of halogens is 4.